The number of aromatic nitrogens is 4. The molecule has 0 radical (unpaired) electrons. The summed E-state index contributed by atoms with van der Waals surface area (Å²) in [5.74, 6) is -1.28. The second-order valence-corrected chi connectivity index (χ2v) is 23.1. The normalized spacial score (nSPS) is 17.9. The fourth-order valence-corrected chi connectivity index (χ4v) is 11.6. The number of methoxy groups -OCH3 is 1. The SMILES string of the molecule is COc1cc(N2CCC(CN3CCN(c4cc5c(cc4F)C(=O)N(C4CCC(=O)NC4=O)C5=O)CC3)CC2)c(-c2cnn(C)c2)cc1Nc1ncc(Br)c(Nc2ccc(-c3ccccc3)cc2P(C)(C)=O)n1. The van der Waals surface area contributed by atoms with Crippen molar-refractivity contribution in [2.24, 2.45) is 13.0 Å². The van der Waals surface area contributed by atoms with Crippen LogP contribution in [0.15, 0.2) is 95.9 Å². The van der Waals surface area contributed by atoms with Gasteiger partial charge in [0.2, 0.25) is 17.8 Å². The molecule has 4 amide bonds. The van der Waals surface area contributed by atoms with Gasteiger partial charge in [-0.2, -0.15) is 10.1 Å². The Morgan fingerprint density at radius 2 is 1.51 bits per heavy atom. The van der Waals surface area contributed by atoms with Gasteiger partial charge >= 0.3 is 0 Å². The van der Waals surface area contributed by atoms with Crippen molar-refractivity contribution in [1.82, 2.24) is 34.9 Å². The van der Waals surface area contributed by atoms with E-state index in [1.54, 1.807) is 31.3 Å². The van der Waals surface area contributed by atoms with Crippen LogP contribution in [0.1, 0.15) is 46.4 Å². The van der Waals surface area contributed by atoms with Crippen LogP contribution in [0.4, 0.5) is 38.9 Å². The summed E-state index contributed by atoms with van der Waals surface area (Å²) in [6.45, 7) is 8.52. The zero-order valence-corrected chi connectivity index (χ0v) is 42.8. The lowest BCUT2D eigenvalue weighted by Gasteiger charge is -2.40. The third-order valence-electron chi connectivity index (χ3n) is 14.0. The van der Waals surface area contributed by atoms with Gasteiger partial charge in [-0.15, -0.1) is 0 Å². The Morgan fingerprint density at radius 3 is 2.19 bits per heavy atom. The molecule has 1 unspecified atom stereocenters. The number of piperidine rings is 2. The molecule has 0 spiro atoms. The first-order chi connectivity index (χ1) is 34.6. The van der Waals surface area contributed by atoms with Crippen LogP contribution in [0, 0.1) is 11.7 Å². The lowest BCUT2D eigenvalue weighted by atomic mass is 9.94. The van der Waals surface area contributed by atoms with Crippen LogP contribution >= 0.6 is 23.1 Å². The Kier molecular flexibility index (Phi) is 13.5. The molecular weight excluding hydrogens is 1000 g/mol. The number of imide groups is 2. The maximum atomic E-state index is 15.7. The number of carbonyl (C=O) groups is 4. The number of hydrogen-bond donors (Lipinski definition) is 3. The molecule has 0 bridgehead atoms. The van der Waals surface area contributed by atoms with Crippen molar-refractivity contribution in [3.8, 4) is 28.0 Å². The van der Waals surface area contributed by atoms with E-state index in [2.05, 4.69) is 57.8 Å². The molecule has 0 saturated carbocycles. The summed E-state index contributed by atoms with van der Waals surface area (Å²) in [5, 5.41) is 14.2. The summed E-state index contributed by atoms with van der Waals surface area (Å²) in [5.41, 5.74) is 6.53. The topological polar surface area (TPSA) is 187 Å². The summed E-state index contributed by atoms with van der Waals surface area (Å²) in [7, 11) is 0.803. The van der Waals surface area contributed by atoms with Crippen LogP contribution in [0.3, 0.4) is 0 Å². The molecule has 72 heavy (non-hydrogen) atoms. The number of halogens is 2. The van der Waals surface area contributed by atoms with Crippen LogP contribution < -0.4 is 35.8 Å². The Labute approximate surface area is 424 Å². The van der Waals surface area contributed by atoms with Gasteiger partial charge in [0, 0.05) is 99.9 Å². The molecular formula is C52H54BrFN11O6P. The highest BCUT2D eigenvalue weighted by molar-refractivity contribution is 9.10. The maximum absolute atomic E-state index is 15.7. The smallest absolute Gasteiger partial charge is 0.262 e. The number of aryl methyl sites for hydroxylation is 1. The summed E-state index contributed by atoms with van der Waals surface area (Å²) in [6.07, 6.45) is 7.46. The first kappa shape index (κ1) is 48.7. The predicted molar refractivity (Wildman–Crippen MR) is 279 cm³/mol. The molecule has 6 heterocycles. The lowest BCUT2D eigenvalue weighted by molar-refractivity contribution is -0.136. The monoisotopic (exact) mass is 1060 g/mol. The van der Waals surface area contributed by atoms with E-state index in [1.165, 1.54) is 6.07 Å². The molecule has 4 aromatic carbocycles. The number of benzene rings is 4. The van der Waals surface area contributed by atoms with E-state index >= 15 is 4.39 Å². The van der Waals surface area contributed by atoms with Crippen LogP contribution in [-0.2, 0) is 21.2 Å². The van der Waals surface area contributed by atoms with Crippen molar-refractivity contribution >= 4 is 86.5 Å². The Morgan fingerprint density at radius 1 is 0.792 bits per heavy atom. The quantitative estimate of drug-likeness (QED) is 0.0757. The lowest BCUT2D eigenvalue weighted by Crippen LogP contribution is -2.54. The molecule has 4 aliphatic rings. The third-order valence-corrected chi connectivity index (χ3v) is 16.1. The average Bonchev–Trinajstić information content (AvgIpc) is 3.91. The highest BCUT2D eigenvalue weighted by Crippen LogP contribution is 2.43. The minimum absolute atomic E-state index is 0.00724. The van der Waals surface area contributed by atoms with Crippen LogP contribution in [0.5, 0.6) is 5.75 Å². The molecule has 20 heteroatoms. The number of rotatable bonds is 13. The minimum Gasteiger partial charge on any atom is -0.494 e. The number of fused-ring (bicyclic) bond motifs is 1. The standard InChI is InChI=1S/C52H54BrFN11O6P/c1-61-30-34(27-56-61)35-24-41(58-52-55-28-38(53)48(60-52)57-40-11-10-33(22-46(40)72(3,4)70)32-8-6-5-7-9-32)45(71-2)26-43(35)63-16-14-31(15-17-63)29-62-18-20-64(21-19-62)44-25-37-36(23-39(44)54)50(68)65(51(37)69)42-12-13-47(66)59-49(42)67/h5-11,22-28,30-31,42H,12-21,29H2,1-4H3,(H,59,66,67)(H2,55,57,58,60). The first-order valence-corrected chi connectivity index (χ1v) is 27.3. The van der Waals surface area contributed by atoms with E-state index in [1.807, 2.05) is 78.9 Å². The van der Waals surface area contributed by atoms with E-state index < -0.39 is 42.6 Å². The molecule has 1 atom stereocenters. The van der Waals surface area contributed by atoms with Gasteiger partial charge in [0.25, 0.3) is 11.8 Å². The number of carbonyl (C=O) groups excluding carboxylic acids is 4. The van der Waals surface area contributed by atoms with Crippen molar-refractivity contribution in [2.75, 3.05) is 86.7 Å². The summed E-state index contributed by atoms with van der Waals surface area (Å²) in [4.78, 5) is 68.0. The second-order valence-electron chi connectivity index (χ2n) is 19.1. The summed E-state index contributed by atoms with van der Waals surface area (Å²) < 4.78 is 37.7. The largest absolute Gasteiger partial charge is 0.494 e. The molecule has 0 aliphatic carbocycles. The Bertz CT molecular complexity index is 3170. The highest BCUT2D eigenvalue weighted by atomic mass is 79.9. The molecule has 3 saturated heterocycles. The zero-order valence-electron chi connectivity index (χ0n) is 40.3. The first-order valence-electron chi connectivity index (χ1n) is 23.9. The minimum atomic E-state index is -2.73. The number of anilines is 6. The Hall–Kier alpha value is -6.95. The summed E-state index contributed by atoms with van der Waals surface area (Å²) >= 11 is 3.62. The second kappa shape index (κ2) is 19.9. The van der Waals surface area contributed by atoms with E-state index in [0.717, 1.165) is 71.4 Å². The van der Waals surface area contributed by atoms with Gasteiger partial charge in [-0.05, 0) is 95.9 Å². The Balaban J connectivity index is 0.802. The van der Waals surface area contributed by atoms with Gasteiger partial charge in [-0.25, -0.2) is 9.37 Å². The molecule has 6 aromatic rings. The number of ether oxygens (including phenoxy) is 1. The number of amides is 4. The average molecular weight is 1060 g/mol. The molecule has 10 rings (SSSR count). The van der Waals surface area contributed by atoms with Gasteiger partial charge in [-0.3, -0.25) is 39.0 Å². The van der Waals surface area contributed by atoms with Crippen LogP contribution in [-0.4, -0.2) is 125 Å². The van der Waals surface area contributed by atoms with E-state index in [0.29, 0.717) is 70.8 Å². The van der Waals surface area contributed by atoms with E-state index in [9.17, 15) is 23.7 Å². The van der Waals surface area contributed by atoms with Gasteiger partial charge < -0.3 is 29.7 Å². The molecule has 3 N–H and O–H groups in total. The van der Waals surface area contributed by atoms with Gasteiger partial charge in [0.05, 0.1) is 46.0 Å². The van der Waals surface area contributed by atoms with Crippen molar-refractivity contribution < 1.29 is 32.9 Å². The van der Waals surface area contributed by atoms with E-state index in [4.69, 9.17) is 9.72 Å². The van der Waals surface area contributed by atoms with Crippen LogP contribution in [0.25, 0.3) is 22.3 Å². The van der Waals surface area contributed by atoms with Crippen molar-refractivity contribution in [2.45, 2.75) is 31.7 Å². The molecule has 17 nitrogen and oxygen atoms in total. The van der Waals surface area contributed by atoms with Gasteiger partial charge in [0.1, 0.15) is 30.6 Å². The number of piperazine rings is 1. The molecule has 372 valence electrons. The van der Waals surface area contributed by atoms with Gasteiger partial charge in [0.15, 0.2) is 0 Å². The fourth-order valence-electron chi connectivity index (χ4n) is 10.2. The van der Waals surface area contributed by atoms with Crippen molar-refractivity contribution in [3.63, 3.8) is 0 Å². The maximum Gasteiger partial charge on any atom is 0.262 e. The molecule has 2 aromatic heterocycles. The predicted octanol–water partition coefficient (Wildman–Crippen LogP) is 7.63. The third kappa shape index (κ3) is 9.84. The fraction of sp³-hybridized carbons (Fsp3) is 0.327. The number of hydrogen-bond acceptors (Lipinski definition) is 14. The number of nitrogens with one attached hydrogen (secondary N) is 3. The van der Waals surface area contributed by atoms with Crippen molar-refractivity contribution in [3.05, 3.63) is 113 Å². The van der Waals surface area contributed by atoms with Crippen LogP contribution in [0.2, 0.25) is 0 Å². The molecule has 4 aliphatic heterocycles. The van der Waals surface area contributed by atoms with Gasteiger partial charge in [-0.1, -0.05) is 36.4 Å². The highest BCUT2D eigenvalue weighted by Gasteiger charge is 2.45. The van der Waals surface area contributed by atoms with E-state index in [-0.39, 0.29) is 29.7 Å². The zero-order chi connectivity index (χ0) is 50.4. The summed E-state index contributed by atoms with van der Waals surface area (Å²) in [6, 6.07) is 21.4. The van der Waals surface area contributed by atoms with Crippen molar-refractivity contribution in [1.29, 1.82) is 0 Å². The molecule has 3 fully saturated rings. The number of nitrogens with zero attached hydrogens (tertiary/aromatic N) is 8.